The third kappa shape index (κ3) is 7.38. The molecule has 0 aromatic heterocycles. The van der Waals surface area contributed by atoms with Crippen molar-refractivity contribution >= 4 is 27.5 Å². The summed E-state index contributed by atoms with van der Waals surface area (Å²) in [6, 6.07) is 17.4. The van der Waals surface area contributed by atoms with Gasteiger partial charge in [0.15, 0.2) is 0 Å². The first-order valence-electron chi connectivity index (χ1n) is 13.0. The summed E-state index contributed by atoms with van der Waals surface area (Å²) in [5.74, 6) is -1.13. The Labute approximate surface area is 235 Å². The highest BCUT2D eigenvalue weighted by Crippen LogP contribution is 2.26. The lowest BCUT2D eigenvalue weighted by atomic mass is 10.1. The van der Waals surface area contributed by atoms with Crippen LogP contribution in [0.2, 0.25) is 0 Å². The molecular weight excluding hydrogens is 533 g/mol. The molecule has 0 bridgehead atoms. The van der Waals surface area contributed by atoms with E-state index in [4.69, 9.17) is 4.74 Å². The van der Waals surface area contributed by atoms with E-state index < -0.39 is 40.2 Å². The van der Waals surface area contributed by atoms with Gasteiger partial charge >= 0.3 is 0 Å². The number of sulfonamides is 1. The van der Waals surface area contributed by atoms with E-state index >= 15 is 0 Å². The van der Waals surface area contributed by atoms with Gasteiger partial charge in [-0.3, -0.25) is 13.9 Å². The number of nitrogens with one attached hydrogen (secondary N) is 1. The van der Waals surface area contributed by atoms with Crippen molar-refractivity contribution in [3.05, 3.63) is 89.7 Å². The number of benzene rings is 3. The van der Waals surface area contributed by atoms with Gasteiger partial charge in [-0.15, -0.1) is 0 Å². The molecule has 40 heavy (non-hydrogen) atoms. The van der Waals surface area contributed by atoms with Crippen LogP contribution in [0, 0.1) is 12.7 Å². The molecule has 214 valence electrons. The molecule has 0 saturated heterocycles. The smallest absolute Gasteiger partial charge is 0.264 e. The Balaban J connectivity index is 2.03. The van der Waals surface area contributed by atoms with Crippen molar-refractivity contribution in [1.82, 2.24) is 10.2 Å². The molecule has 10 heteroatoms. The van der Waals surface area contributed by atoms with Crippen LogP contribution in [0.25, 0.3) is 0 Å². The number of carbonyl (C=O) groups is 2. The van der Waals surface area contributed by atoms with Crippen LogP contribution in [0.5, 0.6) is 5.75 Å². The SMILES string of the molecule is CC[C@@H](C)NC(=O)[C@@H](C)N(Cc1ccccc1F)C(=O)CN(c1ccc(C)cc1)S(=O)(=O)c1ccc(OC)cc1. The number of nitrogens with zero attached hydrogens (tertiary/aromatic N) is 2. The van der Waals surface area contributed by atoms with Gasteiger partial charge in [-0.05, 0) is 69.7 Å². The Morgan fingerprint density at radius 1 is 0.975 bits per heavy atom. The predicted molar refractivity (Wildman–Crippen MR) is 153 cm³/mol. The molecule has 0 aliphatic rings. The number of ether oxygens (including phenoxy) is 1. The number of methoxy groups -OCH3 is 1. The van der Waals surface area contributed by atoms with E-state index in [0.29, 0.717) is 12.2 Å². The van der Waals surface area contributed by atoms with E-state index in [2.05, 4.69) is 5.32 Å². The first-order valence-corrected chi connectivity index (χ1v) is 14.5. The van der Waals surface area contributed by atoms with E-state index in [1.807, 2.05) is 20.8 Å². The molecule has 0 heterocycles. The first-order chi connectivity index (χ1) is 19.0. The Bertz CT molecular complexity index is 1410. The van der Waals surface area contributed by atoms with E-state index in [-0.39, 0.29) is 28.7 Å². The number of hydrogen-bond donors (Lipinski definition) is 1. The second-order valence-electron chi connectivity index (χ2n) is 9.63. The van der Waals surface area contributed by atoms with Crippen LogP contribution in [0.1, 0.15) is 38.3 Å². The molecule has 8 nitrogen and oxygen atoms in total. The summed E-state index contributed by atoms with van der Waals surface area (Å²) in [6.45, 7) is 6.35. The zero-order valence-corrected chi connectivity index (χ0v) is 24.2. The standard InChI is InChI=1S/C30H36FN3O5S/c1-6-22(3)32-30(36)23(4)33(19-24-9-7-8-10-28(24)31)29(35)20-34(25-13-11-21(2)12-14-25)40(37,38)27-17-15-26(39-5)16-18-27/h7-18,22-23H,6,19-20H2,1-5H3,(H,32,36)/t22-,23-/m1/s1. The summed E-state index contributed by atoms with van der Waals surface area (Å²) >= 11 is 0. The summed E-state index contributed by atoms with van der Waals surface area (Å²) in [7, 11) is -2.74. The fraction of sp³-hybridized carbons (Fsp3) is 0.333. The first kappa shape index (κ1) is 30.6. The second kappa shape index (κ2) is 13.4. The highest BCUT2D eigenvalue weighted by Gasteiger charge is 2.33. The van der Waals surface area contributed by atoms with Gasteiger partial charge in [-0.25, -0.2) is 12.8 Å². The predicted octanol–water partition coefficient (Wildman–Crippen LogP) is 4.67. The lowest BCUT2D eigenvalue weighted by Crippen LogP contribution is -2.52. The van der Waals surface area contributed by atoms with Crippen LogP contribution in [0.4, 0.5) is 10.1 Å². The van der Waals surface area contributed by atoms with Crippen molar-refractivity contribution in [1.29, 1.82) is 0 Å². The monoisotopic (exact) mass is 569 g/mol. The number of halogens is 1. The minimum atomic E-state index is -4.21. The van der Waals surface area contributed by atoms with Gasteiger partial charge in [0.25, 0.3) is 10.0 Å². The molecule has 2 atom stereocenters. The van der Waals surface area contributed by atoms with Gasteiger partial charge in [0, 0.05) is 18.2 Å². The maximum absolute atomic E-state index is 14.6. The minimum Gasteiger partial charge on any atom is -0.497 e. The molecular formula is C30H36FN3O5S. The van der Waals surface area contributed by atoms with Crippen molar-refractivity contribution < 1.29 is 27.1 Å². The molecule has 3 aromatic rings. The second-order valence-corrected chi connectivity index (χ2v) is 11.5. The van der Waals surface area contributed by atoms with Gasteiger partial charge in [-0.1, -0.05) is 42.8 Å². The third-order valence-corrected chi connectivity index (χ3v) is 8.50. The summed E-state index contributed by atoms with van der Waals surface area (Å²) in [4.78, 5) is 28.1. The summed E-state index contributed by atoms with van der Waals surface area (Å²) in [5, 5.41) is 2.85. The minimum absolute atomic E-state index is 0.0371. The van der Waals surface area contributed by atoms with Crippen molar-refractivity contribution in [2.45, 2.75) is 57.6 Å². The summed E-state index contributed by atoms with van der Waals surface area (Å²) in [5.41, 5.74) is 1.39. The fourth-order valence-electron chi connectivity index (χ4n) is 3.97. The molecule has 3 aromatic carbocycles. The quantitative estimate of drug-likeness (QED) is 0.342. The average molecular weight is 570 g/mol. The number of anilines is 1. The van der Waals surface area contributed by atoms with Crippen molar-refractivity contribution in [3.8, 4) is 5.75 Å². The molecule has 0 unspecified atom stereocenters. The molecule has 0 fully saturated rings. The highest BCUT2D eigenvalue weighted by molar-refractivity contribution is 7.92. The van der Waals surface area contributed by atoms with Crippen molar-refractivity contribution in [2.24, 2.45) is 0 Å². The van der Waals surface area contributed by atoms with Crippen LogP contribution in [-0.4, -0.2) is 50.9 Å². The van der Waals surface area contributed by atoms with Crippen molar-refractivity contribution in [3.63, 3.8) is 0 Å². The van der Waals surface area contributed by atoms with Crippen molar-refractivity contribution in [2.75, 3.05) is 18.0 Å². The summed E-state index contributed by atoms with van der Waals surface area (Å²) < 4.78 is 48.5. The van der Waals surface area contributed by atoms with Gasteiger partial charge in [0.05, 0.1) is 17.7 Å². The Morgan fingerprint density at radius 3 is 2.17 bits per heavy atom. The normalized spacial score (nSPS) is 12.8. The van der Waals surface area contributed by atoms with E-state index in [1.54, 1.807) is 37.3 Å². The van der Waals surface area contributed by atoms with Crippen LogP contribution in [0.3, 0.4) is 0 Å². The highest BCUT2D eigenvalue weighted by atomic mass is 32.2. The molecule has 2 amide bonds. The molecule has 0 aliphatic heterocycles. The number of carbonyl (C=O) groups excluding carboxylic acids is 2. The molecule has 3 rings (SSSR count). The van der Waals surface area contributed by atoms with Gasteiger partial charge in [0.2, 0.25) is 11.8 Å². The Hall–Kier alpha value is -3.92. The molecule has 0 saturated carbocycles. The molecule has 0 aliphatic carbocycles. The third-order valence-electron chi connectivity index (χ3n) is 6.72. The van der Waals surface area contributed by atoms with Crippen LogP contribution >= 0.6 is 0 Å². The average Bonchev–Trinajstić information content (AvgIpc) is 2.95. The van der Waals surface area contributed by atoms with Crippen LogP contribution in [-0.2, 0) is 26.2 Å². The van der Waals surface area contributed by atoms with Gasteiger partial charge in [-0.2, -0.15) is 0 Å². The lowest BCUT2D eigenvalue weighted by molar-refractivity contribution is -0.139. The molecule has 0 radical (unpaired) electrons. The van der Waals surface area contributed by atoms with E-state index in [1.165, 1.54) is 54.5 Å². The Morgan fingerprint density at radius 2 is 1.60 bits per heavy atom. The number of amides is 2. The van der Waals surface area contributed by atoms with Crippen LogP contribution < -0.4 is 14.4 Å². The number of hydrogen-bond acceptors (Lipinski definition) is 5. The van der Waals surface area contributed by atoms with E-state index in [0.717, 1.165) is 9.87 Å². The van der Waals surface area contributed by atoms with Crippen LogP contribution in [0.15, 0.2) is 77.7 Å². The number of aryl methyl sites for hydroxylation is 1. The topological polar surface area (TPSA) is 96.0 Å². The fourth-order valence-corrected chi connectivity index (χ4v) is 5.39. The summed E-state index contributed by atoms with van der Waals surface area (Å²) in [6.07, 6.45) is 0.682. The maximum atomic E-state index is 14.6. The van der Waals surface area contributed by atoms with E-state index in [9.17, 15) is 22.4 Å². The largest absolute Gasteiger partial charge is 0.497 e. The number of rotatable bonds is 12. The zero-order valence-electron chi connectivity index (χ0n) is 23.4. The molecule has 0 spiro atoms. The van der Waals surface area contributed by atoms with Gasteiger partial charge in [0.1, 0.15) is 24.2 Å². The maximum Gasteiger partial charge on any atom is 0.264 e. The zero-order chi connectivity index (χ0) is 29.4. The molecule has 1 N–H and O–H groups in total. The van der Waals surface area contributed by atoms with Gasteiger partial charge < -0.3 is 15.0 Å². The lowest BCUT2D eigenvalue weighted by Gasteiger charge is -2.32. The Kier molecular flexibility index (Phi) is 10.3.